The molecular weight excluding hydrogens is 153 g/mol. The molecule has 0 aromatic heterocycles. The van der Waals surface area contributed by atoms with Gasteiger partial charge in [-0.2, -0.15) is 0 Å². The molecule has 1 aliphatic rings. The van der Waals surface area contributed by atoms with E-state index in [9.17, 15) is 9.59 Å². The van der Waals surface area contributed by atoms with Crippen molar-refractivity contribution in [2.75, 3.05) is 6.54 Å². The van der Waals surface area contributed by atoms with Crippen LogP contribution in [0.2, 0.25) is 0 Å². The number of hydrogen-bond donors (Lipinski definition) is 0. The Labute approximate surface area is 87.7 Å². The number of nitrogens with zero attached hydrogens (tertiary/aromatic N) is 1. The quantitative estimate of drug-likeness (QED) is 0.317. The molecule has 0 spiro atoms. The van der Waals surface area contributed by atoms with E-state index in [1.807, 2.05) is 0 Å². The molecule has 0 atom stereocenters. The SMILES string of the molecule is C=CCN1C(=O)CCC1=O.[NaH]. The Kier molecular flexibility index (Phi) is 4.65. The van der Waals surface area contributed by atoms with Gasteiger partial charge in [-0.05, 0) is 0 Å². The summed E-state index contributed by atoms with van der Waals surface area (Å²) >= 11 is 0. The van der Waals surface area contributed by atoms with Crippen molar-refractivity contribution in [1.29, 1.82) is 0 Å². The predicted octanol–water partition coefficient (Wildman–Crippen LogP) is -0.327. The molecule has 0 N–H and O–H groups in total. The zero-order chi connectivity index (χ0) is 7.56. The first-order valence-corrected chi connectivity index (χ1v) is 3.20. The summed E-state index contributed by atoms with van der Waals surface area (Å²) in [6.45, 7) is 3.81. The Morgan fingerprint density at radius 2 is 1.82 bits per heavy atom. The second kappa shape index (κ2) is 4.70. The third kappa shape index (κ3) is 2.43. The van der Waals surface area contributed by atoms with Crippen molar-refractivity contribution in [3.8, 4) is 0 Å². The summed E-state index contributed by atoms with van der Waals surface area (Å²) in [6.07, 6.45) is 2.29. The van der Waals surface area contributed by atoms with Crippen molar-refractivity contribution in [1.82, 2.24) is 4.90 Å². The second-order valence-corrected chi connectivity index (χ2v) is 2.19. The molecule has 0 bridgehead atoms. The molecule has 1 heterocycles. The Balaban J connectivity index is 0.000001000. The topological polar surface area (TPSA) is 37.4 Å². The first-order chi connectivity index (χ1) is 4.75. The Hall–Kier alpha value is -0.120. The number of carbonyl (C=O) groups excluding carboxylic acids is 2. The molecule has 2 amide bonds. The molecule has 56 valence electrons. The van der Waals surface area contributed by atoms with Crippen LogP contribution in [0.5, 0.6) is 0 Å². The summed E-state index contributed by atoms with van der Waals surface area (Å²) in [4.78, 5) is 22.9. The molecule has 0 aromatic carbocycles. The number of hydrogen-bond acceptors (Lipinski definition) is 2. The average Bonchev–Trinajstić information content (AvgIpc) is 2.20. The molecular formula is C7H10NNaO2. The first kappa shape index (κ1) is 10.9. The van der Waals surface area contributed by atoms with Crippen molar-refractivity contribution in [3.63, 3.8) is 0 Å². The van der Waals surface area contributed by atoms with E-state index < -0.39 is 0 Å². The monoisotopic (exact) mass is 163 g/mol. The summed E-state index contributed by atoms with van der Waals surface area (Å²) in [7, 11) is 0. The van der Waals surface area contributed by atoms with Gasteiger partial charge < -0.3 is 0 Å². The third-order valence-electron chi connectivity index (χ3n) is 1.47. The van der Waals surface area contributed by atoms with Crippen LogP contribution in [0.1, 0.15) is 12.8 Å². The van der Waals surface area contributed by atoms with Gasteiger partial charge >= 0.3 is 29.6 Å². The van der Waals surface area contributed by atoms with Gasteiger partial charge in [-0.15, -0.1) is 6.58 Å². The standard InChI is InChI=1S/C7H9NO2.Na.H/c1-2-5-8-6(9)3-4-7(8)10;;/h2H,1,3-5H2;;. The molecule has 0 aliphatic carbocycles. The molecule has 1 rings (SSSR count). The number of carbonyl (C=O) groups is 2. The van der Waals surface area contributed by atoms with Crippen LogP contribution in [0, 0.1) is 0 Å². The van der Waals surface area contributed by atoms with Crippen molar-refractivity contribution >= 4 is 41.4 Å². The van der Waals surface area contributed by atoms with E-state index in [0.29, 0.717) is 19.4 Å². The maximum atomic E-state index is 10.8. The number of likely N-dealkylation sites (tertiary alicyclic amines) is 1. The van der Waals surface area contributed by atoms with E-state index in [4.69, 9.17) is 0 Å². The summed E-state index contributed by atoms with van der Waals surface area (Å²) in [6, 6.07) is 0. The fourth-order valence-corrected chi connectivity index (χ4v) is 0.956. The number of amides is 2. The molecule has 0 unspecified atom stereocenters. The van der Waals surface area contributed by atoms with Crippen LogP contribution in [0.4, 0.5) is 0 Å². The van der Waals surface area contributed by atoms with Crippen LogP contribution in [0.25, 0.3) is 0 Å². The van der Waals surface area contributed by atoms with E-state index in [-0.39, 0.29) is 41.4 Å². The molecule has 4 heteroatoms. The molecule has 1 fully saturated rings. The van der Waals surface area contributed by atoms with Gasteiger partial charge in [0.15, 0.2) is 0 Å². The van der Waals surface area contributed by atoms with Gasteiger partial charge in [0.2, 0.25) is 11.8 Å². The Morgan fingerprint density at radius 1 is 1.36 bits per heavy atom. The zero-order valence-corrected chi connectivity index (χ0v) is 5.67. The first-order valence-electron chi connectivity index (χ1n) is 3.20. The molecule has 1 aliphatic heterocycles. The van der Waals surface area contributed by atoms with E-state index in [0.717, 1.165) is 0 Å². The molecule has 11 heavy (non-hydrogen) atoms. The predicted molar refractivity (Wildman–Crippen MR) is 43.3 cm³/mol. The fourth-order valence-electron chi connectivity index (χ4n) is 0.956. The summed E-state index contributed by atoms with van der Waals surface area (Å²) in [5, 5.41) is 0. The van der Waals surface area contributed by atoms with Crippen LogP contribution in [0.15, 0.2) is 12.7 Å². The minimum absolute atomic E-state index is 0. The van der Waals surface area contributed by atoms with E-state index >= 15 is 0 Å². The Bertz CT molecular complexity index is 175. The van der Waals surface area contributed by atoms with Gasteiger partial charge in [-0.3, -0.25) is 14.5 Å². The third-order valence-corrected chi connectivity index (χ3v) is 1.47. The zero-order valence-electron chi connectivity index (χ0n) is 5.67. The molecule has 3 nitrogen and oxygen atoms in total. The second-order valence-electron chi connectivity index (χ2n) is 2.19. The van der Waals surface area contributed by atoms with Crippen LogP contribution in [0.3, 0.4) is 0 Å². The van der Waals surface area contributed by atoms with Gasteiger partial charge in [0.1, 0.15) is 0 Å². The summed E-state index contributed by atoms with van der Waals surface area (Å²) in [5.41, 5.74) is 0. The van der Waals surface area contributed by atoms with Gasteiger partial charge in [0.25, 0.3) is 0 Å². The fraction of sp³-hybridized carbons (Fsp3) is 0.429. The van der Waals surface area contributed by atoms with Gasteiger partial charge in [0.05, 0.1) is 0 Å². The van der Waals surface area contributed by atoms with Crippen LogP contribution in [-0.4, -0.2) is 52.8 Å². The van der Waals surface area contributed by atoms with Crippen LogP contribution >= 0.6 is 0 Å². The van der Waals surface area contributed by atoms with E-state index in [1.54, 1.807) is 6.08 Å². The molecule has 0 saturated carbocycles. The van der Waals surface area contributed by atoms with Crippen LogP contribution < -0.4 is 0 Å². The van der Waals surface area contributed by atoms with Crippen molar-refractivity contribution in [2.45, 2.75) is 12.8 Å². The average molecular weight is 163 g/mol. The van der Waals surface area contributed by atoms with Crippen molar-refractivity contribution < 1.29 is 9.59 Å². The van der Waals surface area contributed by atoms with Gasteiger partial charge in [-0.25, -0.2) is 0 Å². The van der Waals surface area contributed by atoms with Crippen LogP contribution in [-0.2, 0) is 9.59 Å². The van der Waals surface area contributed by atoms with E-state index in [2.05, 4.69) is 6.58 Å². The van der Waals surface area contributed by atoms with Gasteiger partial charge in [0, 0.05) is 19.4 Å². The normalized spacial score (nSPS) is 16.5. The molecule has 0 radical (unpaired) electrons. The summed E-state index contributed by atoms with van der Waals surface area (Å²) in [5.74, 6) is -0.158. The number of rotatable bonds is 2. The number of imide groups is 1. The van der Waals surface area contributed by atoms with Crippen molar-refractivity contribution in [2.24, 2.45) is 0 Å². The minimum atomic E-state index is -0.0788. The van der Waals surface area contributed by atoms with Crippen molar-refractivity contribution in [3.05, 3.63) is 12.7 Å². The maximum absolute atomic E-state index is 10.8. The van der Waals surface area contributed by atoms with Gasteiger partial charge in [-0.1, -0.05) is 6.08 Å². The molecule has 1 saturated heterocycles. The Morgan fingerprint density at radius 3 is 2.18 bits per heavy atom. The summed E-state index contributed by atoms with van der Waals surface area (Å²) < 4.78 is 0. The molecule has 0 aromatic rings. The van der Waals surface area contributed by atoms with E-state index in [1.165, 1.54) is 4.90 Å².